The van der Waals surface area contributed by atoms with Crippen molar-refractivity contribution in [3.63, 3.8) is 0 Å². The maximum absolute atomic E-state index is 6.58. The number of hydrogen-bond acceptors (Lipinski definition) is 3. The minimum Gasteiger partial charge on any atom is -0.454 e. The zero-order valence-electron chi connectivity index (χ0n) is 34.6. The first kappa shape index (κ1) is 37.6. The van der Waals surface area contributed by atoms with E-state index in [9.17, 15) is 0 Å². The van der Waals surface area contributed by atoms with Gasteiger partial charge in [0.05, 0.1) is 5.69 Å². The Kier molecular flexibility index (Phi) is 9.89. The molecule has 3 heteroatoms. The SMILES string of the molecule is c1ccc(-c2cc(-c3ccc(N(c4ccccc4)c4cccc5c4oc4ccccc45)cc3)c(-c3ccccc3)cc2-c2ccc(N(c3ccccc3)c3ccccc3)cc2)cc1. The minimum atomic E-state index is 0.863. The predicted molar refractivity (Wildman–Crippen MR) is 265 cm³/mol. The highest BCUT2D eigenvalue weighted by Crippen LogP contribution is 2.46. The largest absolute Gasteiger partial charge is 0.454 e. The topological polar surface area (TPSA) is 19.6 Å². The molecule has 0 saturated carbocycles. The van der Waals surface area contributed by atoms with Gasteiger partial charge in [0.2, 0.25) is 0 Å². The first-order valence-electron chi connectivity index (χ1n) is 21.4. The molecule has 0 aliphatic carbocycles. The van der Waals surface area contributed by atoms with Crippen LogP contribution in [0.1, 0.15) is 0 Å². The lowest BCUT2D eigenvalue weighted by molar-refractivity contribution is 0.669. The van der Waals surface area contributed by atoms with Crippen LogP contribution in [0.25, 0.3) is 66.4 Å². The third-order valence-electron chi connectivity index (χ3n) is 11.9. The van der Waals surface area contributed by atoms with Gasteiger partial charge in [-0.25, -0.2) is 0 Å². The third kappa shape index (κ3) is 7.22. The van der Waals surface area contributed by atoms with E-state index in [2.05, 4.69) is 252 Å². The van der Waals surface area contributed by atoms with Gasteiger partial charge < -0.3 is 14.2 Å². The summed E-state index contributed by atoms with van der Waals surface area (Å²) in [6.45, 7) is 0. The van der Waals surface area contributed by atoms with E-state index in [1.807, 2.05) is 12.1 Å². The minimum absolute atomic E-state index is 0.863. The van der Waals surface area contributed by atoms with Crippen molar-refractivity contribution in [1.29, 1.82) is 0 Å². The Morgan fingerprint density at radius 3 is 1.08 bits per heavy atom. The molecular formula is C60H42N2O. The maximum atomic E-state index is 6.58. The van der Waals surface area contributed by atoms with Crippen molar-refractivity contribution < 1.29 is 4.42 Å². The first-order valence-corrected chi connectivity index (χ1v) is 21.4. The highest BCUT2D eigenvalue weighted by Gasteiger charge is 2.21. The van der Waals surface area contributed by atoms with Crippen LogP contribution in [0.15, 0.2) is 259 Å². The van der Waals surface area contributed by atoms with Gasteiger partial charge in [-0.15, -0.1) is 0 Å². The molecular weight excluding hydrogens is 765 g/mol. The van der Waals surface area contributed by atoms with Crippen LogP contribution in [0.3, 0.4) is 0 Å². The van der Waals surface area contributed by atoms with Crippen molar-refractivity contribution in [3.05, 3.63) is 255 Å². The number of nitrogens with zero attached hydrogens (tertiary/aromatic N) is 2. The molecule has 0 amide bonds. The van der Waals surface area contributed by atoms with Gasteiger partial charge in [-0.2, -0.15) is 0 Å². The molecule has 10 aromatic carbocycles. The molecule has 11 aromatic rings. The van der Waals surface area contributed by atoms with Crippen molar-refractivity contribution in [1.82, 2.24) is 0 Å². The van der Waals surface area contributed by atoms with Crippen LogP contribution in [0, 0.1) is 0 Å². The van der Waals surface area contributed by atoms with E-state index in [0.29, 0.717) is 0 Å². The molecule has 0 fully saturated rings. The molecule has 0 radical (unpaired) electrons. The Balaban J connectivity index is 1.05. The monoisotopic (exact) mass is 806 g/mol. The van der Waals surface area contributed by atoms with Crippen molar-refractivity contribution in [3.8, 4) is 44.5 Å². The van der Waals surface area contributed by atoms with E-state index in [-0.39, 0.29) is 0 Å². The zero-order valence-corrected chi connectivity index (χ0v) is 34.6. The van der Waals surface area contributed by atoms with E-state index in [1.54, 1.807) is 0 Å². The fourth-order valence-corrected chi connectivity index (χ4v) is 8.88. The molecule has 0 spiro atoms. The Morgan fingerprint density at radius 1 is 0.254 bits per heavy atom. The van der Waals surface area contributed by atoms with Gasteiger partial charge in [-0.3, -0.25) is 0 Å². The van der Waals surface area contributed by atoms with Crippen molar-refractivity contribution in [2.45, 2.75) is 0 Å². The van der Waals surface area contributed by atoms with Crippen LogP contribution in [-0.2, 0) is 0 Å². The van der Waals surface area contributed by atoms with Gasteiger partial charge in [0.25, 0.3) is 0 Å². The lowest BCUT2D eigenvalue weighted by Crippen LogP contribution is -2.10. The standard InChI is InChI=1S/C60H42N2O/c1-6-19-43(20-7-1)54-42-57(46-35-39-51(40-36-46)62(49-27-14-5-15-28-49)58-31-18-30-53-52-29-16-17-32-59(52)63-60(53)58)55(44-21-8-2-9-22-44)41-56(54)45-33-37-50(38-34-45)61(47-23-10-3-11-24-47)48-25-12-4-13-26-48/h1-42H. The van der Waals surface area contributed by atoms with Gasteiger partial charge in [0.15, 0.2) is 5.58 Å². The summed E-state index contributed by atoms with van der Waals surface area (Å²) in [6.07, 6.45) is 0. The summed E-state index contributed by atoms with van der Waals surface area (Å²) >= 11 is 0. The number of rotatable bonds is 10. The molecule has 0 unspecified atom stereocenters. The van der Waals surface area contributed by atoms with Crippen LogP contribution in [0.2, 0.25) is 0 Å². The van der Waals surface area contributed by atoms with E-state index >= 15 is 0 Å². The molecule has 0 saturated heterocycles. The Morgan fingerprint density at radius 2 is 0.603 bits per heavy atom. The van der Waals surface area contributed by atoms with Gasteiger partial charge in [-0.05, 0) is 129 Å². The molecule has 11 rings (SSSR count). The van der Waals surface area contributed by atoms with E-state index in [4.69, 9.17) is 4.42 Å². The Labute approximate surface area is 368 Å². The molecule has 0 aliphatic rings. The highest BCUT2D eigenvalue weighted by molar-refractivity contribution is 6.10. The second kappa shape index (κ2) is 16.6. The molecule has 63 heavy (non-hydrogen) atoms. The number of furan rings is 1. The Hall–Kier alpha value is -8.40. The average molecular weight is 807 g/mol. The second-order valence-corrected chi connectivity index (χ2v) is 15.7. The quantitative estimate of drug-likeness (QED) is 0.137. The Bertz CT molecular complexity index is 3250. The molecule has 298 valence electrons. The molecule has 0 N–H and O–H groups in total. The van der Waals surface area contributed by atoms with E-state index < -0.39 is 0 Å². The number of fused-ring (bicyclic) bond motifs is 3. The first-order chi connectivity index (χ1) is 31.3. The number of hydrogen-bond donors (Lipinski definition) is 0. The number of para-hydroxylation sites is 5. The average Bonchev–Trinajstić information content (AvgIpc) is 3.75. The summed E-state index contributed by atoms with van der Waals surface area (Å²) in [5.74, 6) is 0. The van der Waals surface area contributed by atoms with Crippen LogP contribution in [-0.4, -0.2) is 0 Å². The van der Waals surface area contributed by atoms with E-state index in [1.165, 1.54) is 22.3 Å². The molecule has 1 aromatic heterocycles. The number of anilines is 6. The zero-order chi connectivity index (χ0) is 42.0. The molecule has 0 bridgehead atoms. The van der Waals surface area contributed by atoms with Crippen LogP contribution < -0.4 is 9.80 Å². The molecule has 3 nitrogen and oxygen atoms in total. The summed E-state index contributed by atoms with van der Waals surface area (Å²) < 4.78 is 6.58. The van der Waals surface area contributed by atoms with Crippen molar-refractivity contribution >= 4 is 56.1 Å². The van der Waals surface area contributed by atoms with Crippen LogP contribution >= 0.6 is 0 Å². The second-order valence-electron chi connectivity index (χ2n) is 15.7. The van der Waals surface area contributed by atoms with Crippen LogP contribution in [0.4, 0.5) is 34.1 Å². The maximum Gasteiger partial charge on any atom is 0.159 e. The fraction of sp³-hybridized carbons (Fsp3) is 0. The third-order valence-corrected chi connectivity index (χ3v) is 11.9. The van der Waals surface area contributed by atoms with Gasteiger partial charge >= 0.3 is 0 Å². The van der Waals surface area contributed by atoms with E-state index in [0.717, 1.165) is 78.3 Å². The molecule has 0 atom stereocenters. The smallest absolute Gasteiger partial charge is 0.159 e. The summed E-state index contributed by atoms with van der Waals surface area (Å²) in [7, 11) is 0. The van der Waals surface area contributed by atoms with Gasteiger partial charge in [-0.1, -0.05) is 170 Å². The molecule has 0 aliphatic heterocycles. The summed E-state index contributed by atoms with van der Waals surface area (Å²) in [5.41, 5.74) is 17.4. The summed E-state index contributed by atoms with van der Waals surface area (Å²) in [5, 5.41) is 2.21. The summed E-state index contributed by atoms with van der Waals surface area (Å²) in [6, 6.07) is 90.7. The number of benzene rings is 10. The predicted octanol–water partition coefficient (Wildman–Crippen LogP) is 17.2. The normalized spacial score (nSPS) is 11.2. The van der Waals surface area contributed by atoms with Crippen LogP contribution in [0.5, 0.6) is 0 Å². The highest BCUT2D eigenvalue weighted by atomic mass is 16.3. The lowest BCUT2D eigenvalue weighted by atomic mass is 9.85. The lowest BCUT2D eigenvalue weighted by Gasteiger charge is -2.26. The van der Waals surface area contributed by atoms with Gasteiger partial charge in [0, 0.05) is 39.2 Å². The fourth-order valence-electron chi connectivity index (χ4n) is 8.88. The molecule has 1 heterocycles. The van der Waals surface area contributed by atoms with Crippen molar-refractivity contribution in [2.24, 2.45) is 0 Å². The van der Waals surface area contributed by atoms with Crippen molar-refractivity contribution in [2.75, 3.05) is 9.80 Å². The summed E-state index contributed by atoms with van der Waals surface area (Å²) in [4.78, 5) is 4.60. The van der Waals surface area contributed by atoms with Gasteiger partial charge in [0.1, 0.15) is 5.58 Å².